The van der Waals surface area contributed by atoms with Crippen LogP contribution in [0.25, 0.3) is 32.6 Å². The van der Waals surface area contributed by atoms with Gasteiger partial charge in [0, 0.05) is 62.3 Å². The van der Waals surface area contributed by atoms with Crippen LogP contribution in [0.4, 0.5) is 0 Å². The van der Waals surface area contributed by atoms with E-state index in [4.69, 9.17) is 37.9 Å². The Kier molecular flexibility index (Phi) is 8.99. The predicted octanol–water partition coefficient (Wildman–Crippen LogP) is 2.58. The summed E-state index contributed by atoms with van der Waals surface area (Å²) in [6.07, 6.45) is -4.28. The molecule has 0 radical (unpaired) electrons. The van der Waals surface area contributed by atoms with Gasteiger partial charge in [0.2, 0.25) is 19.2 Å². The van der Waals surface area contributed by atoms with Crippen LogP contribution in [-0.4, -0.2) is 85.7 Å². The van der Waals surface area contributed by atoms with Crippen molar-refractivity contribution in [2.75, 3.05) is 27.5 Å². The van der Waals surface area contributed by atoms with Crippen LogP contribution in [0.1, 0.15) is 27.7 Å². The molecule has 1 fully saturated rings. The highest BCUT2D eigenvalue weighted by atomic mass is 16.7. The van der Waals surface area contributed by atoms with Crippen molar-refractivity contribution in [1.82, 2.24) is 14.9 Å². The van der Waals surface area contributed by atoms with E-state index in [0.717, 1.165) is 0 Å². The minimum Gasteiger partial charge on any atom is -0.493 e. The van der Waals surface area contributed by atoms with Gasteiger partial charge in [0.25, 0.3) is 5.56 Å². The third kappa shape index (κ3) is 6.02. The monoisotopic (exact) mass is 665 g/mol. The van der Waals surface area contributed by atoms with Gasteiger partial charge < -0.3 is 47.8 Å². The molecule has 254 valence electrons. The first-order valence-electron chi connectivity index (χ1n) is 15.3. The fourth-order valence-corrected chi connectivity index (χ4v) is 6.14. The van der Waals surface area contributed by atoms with Crippen molar-refractivity contribution in [2.24, 2.45) is 0 Å². The Morgan fingerprint density at radius 1 is 0.875 bits per heavy atom. The molecule has 4 aromatic rings. The number of likely N-dealkylation sites (N-methyl/N-ethyl adjacent to an activating group) is 1. The zero-order chi connectivity index (χ0) is 34.3. The average Bonchev–Trinajstić information content (AvgIpc) is 3.50. The van der Waals surface area contributed by atoms with Gasteiger partial charge in [0.15, 0.2) is 35.2 Å². The lowest BCUT2D eigenvalue weighted by Gasteiger charge is -2.43. The van der Waals surface area contributed by atoms with Gasteiger partial charge in [-0.2, -0.15) is 0 Å². The van der Waals surface area contributed by atoms with Crippen molar-refractivity contribution in [3.63, 3.8) is 0 Å². The van der Waals surface area contributed by atoms with E-state index in [9.17, 15) is 19.2 Å². The summed E-state index contributed by atoms with van der Waals surface area (Å²) >= 11 is 0. The lowest BCUT2D eigenvalue weighted by atomic mass is 9.98. The highest BCUT2D eigenvalue weighted by Gasteiger charge is 2.51. The molecule has 0 amide bonds. The van der Waals surface area contributed by atoms with E-state index in [1.54, 1.807) is 36.9 Å². The lowest BCUT2D eigenvalue weighted by molar-refractivity contribution is -0.280. The summed E-state index contributed by atoms with van der Waals surface area (Å²) in [4.78, 5) is 55.2. The van der Waals surface area contributed by atoms with E-state index < -0.39 is 48.6 Å². The maximum atomic E-state index is 14.3. The summed E-state index contributed by atoms with van der Waals surface area (Å²) in [6, 6.07) is 6.79. The Morgan fingerprint density at radius 3 is 2.19 bits per heavy atom. The predicted molar refractivity (Wildman–Crippen MR) is 169 cm³/mol. The van der Waals surface area contributed by atoms with Gasteiger partial charge >= 0.3 is 17.9 Å². The first kappa shape index (κ1) is 32.8. The number of benzene rings is 2. The number of nitrogens with zero attached hydrogens (tertiary/aromatic N) is 2. The molecule has 2 aromatic heterocycles. The van der Waals surface area contributed by atoms with Gasteiger partial charge in [-0.3, -0.25) is 24.2 Å². The van der Waals surface area contributed by atoms with Crippen LogP contribution in [0.15, 0.2) is 35.3 Å². The maximum Gasteiger partial charge on any atom is 0.303 e. The minimum absolute atomic E-state index is 0.0839. The van der Waals surface area contributed by atoms with E-state index in [-0.39, 0.29) is 23.9 Å². The fraction of sp³-hybridized carbons (Fsp3) is 0.424. The molecule has 48 heavy (non-hydrogen) atoms. The van der Waals surface area contributed by atoms with E-state index in [2.05, 4.69) is 10.3 Å². The zero-order valence-corrected chi connectivity index (χ0v) is 27.2. The van der Waals surface area contributed by atoms with E-state index in [1.807, 2.05) is 6.07 Å². The number of rotatable bonds is 9. The summed E-state index contributed by atoms with van der Waals surface area (Å²) in [6.45, 7) is 6.05. The van der Waals surface area contributed by atoms with E-state index in [0.29, 0.717) is 57.2 Å². The van der Waals surface area contributed by atoms with E-state index in [1.165, 1.54) is 33.9 Å². The van der Waals surface area contributed by atoms with Crippen LogP contribution in [0.2, 0.25) is 0 Å². The molecule has 15 nitrogen and oxygen atoms in total. The Balaban J connectivity index is 1.51. The quantitative estimate of drug-likeness (QED) is 0.157. The third-order valence-corrected chi connectivity index (χ3v) is 8.14. The van der Waals surface area contributed by atoms with Crippen molar-refractivity contribution in [2.45, 2.75) is 64.9 Å². The second kappa shape index (κ2) is 13.2. The molecule has 4 heterocycles. The number of methoxy groups -OCH3 is 1. The smallest absolute Gasteiger partial charge is 0.303 e. The standard InChI is InChI=1S/C33H35N3O12/c1-15-29(45-16(2)37)30(46-17(3)38)31(47-18(4)39)33(44-15)48-27-10-20-19(9-24(27)41-6)22-13-35-23-12-26-25(42-14-43-26)11-21(23)28(22)36(32(20)40)8-7-34-5/h9-13,15,29-31,33-34H,7-8,14H2,1-6H3/t15-,29+,30+,31-,33-/m0/s1. The van der Waals surface area contributed by atoms with Gasteiger partial charge in [-0.15, -0.1) is 0 Å². The van der Waals surface area contributed by atoms with Gasteiger partial charge in [-0.05, 0) is 32.2 Å². The maximum absolute atomic E-state index is 14.3. The first-order chi connectivity index (χ1) is 23.0. The number of nitrogens with one attached hydrogen (secondary N) is 1. The number of carbonyl (C=O) groups excluding carboxylic acids is 3. The molecule has 6 rings (SSSR count). The van der Waals surface area contributed by atoms with Crippen molar-refractivity contribution in [3.05, 3.63) is 40.8 Å². The summed E-state index contributed by atoms with van der Waals surface area (Å²) in [7, 11) is 3.23. The number of esters is 3. The van der Waals surface area contributed by atoms with Gasteiger partial charge in [-0.25, -0.2) is 0 Å². The Labute approximate surface area is 273 Å². The zero-order valence-electron chi connectivity index (χ0n) is 27.2. The Bertz CT molecular complexity index is 1990. The Hall–Kier alpha value is -5.15. The van der Waals surface area contributed by atoms with Crippen LogP contribution in [-0.2, 0) is 39.9 Å². The summed E-state index contributed by atoms with van der Waals surface area (Å²) in [5, 5.41) is 5.32. The van der Waals surface area contributed by atoms with Crippen molar-refractivity contribution in [1.29, 1.82) is 0 Å². The fourth-order valence-electron chi connectivity index (χ4n) is 6.14. The first-order valence-corrected chi connectivity index (χ1v) is 15.3. The molecule has 0 spiro atoms. The summed E-state index contributed by atoms with van der Waals surface area (Å²) in [5.74, 6) is -0.644. The van der Waals surface area contributed by atoms with Crippen LogP contribution in [0, 0.1) is 0 Å². The van der Waals surface area contributed by atoms with Crippen LogP contribution in [0.5, 0.6) is 23.0 Å². The van der Waals surface area contributed by atoms with Crippen molar-refractivity contribution in [3.8, 4) is 23.0 Å². The molecule has 0 saturated carbocycles. The van der Waals surface area contributed by atoms with Crippen LogP contribution in [0.3, 0.4) is 0 Å². The second-order valence-corrected chi connectivity index (χ2v) is 11.4. The molecule has 5 atom stereocenters. The molecular formula is C33H35N3O12. The number of pyridine rings is 2. The molecule has 1 saturated heterocycles. The minimum atomic E-state index is -1.37. The average molecular weight is 666 g/mol. The number of aromatic nitrogens is 2. The van der Waals surface area contributed by atoms with Crippen LogP contribution >= 0.6 is 0 Å². The summed E-state index contributed by atoms with van der Waals surface area (Å²) < 4.78 is 47.3. The van der Waals surface area contributed by atoms with Gasteiger partial charge in [0.1, 0.15) is 0 Å². The number of hydrogen-bond donors (Lipinski definition) is 1. The van der Waals surface area contributed by atoms with Gasteiger partial charge in [0.05, 0.1) is 29.6 Å². The molecule has 15 heteroatoms. The highest BCUT2D eigenvalue weighted by molar-refractivity contribution is 6.15. The molecule has 0 bridgehead atoms. The molecule has 0 aliphatic carbocycles. The SMILES string of the molecule is CNCCn1c(=O)c2cc(O[C@@H]3O[C@@H](C)[C@@H](OC(C)=O)[C@@H](OC(C)=O)[C@@H]3OC(C)=O)c(OC)cc2c2cnc3cc4c(cc3c21)OCO4. The largest absolute Gasteiger partial charge is 0.493 e. The second-order valence-electron chi connectivity index (χ2n) is 11.4. The van der Waals surface area contributed by atoms with Crippen molar-refractivity contribution >= 4 is 50.5 Å². The van der Waals surface area contributed by atoms with E-state index >= 15 is 0 Å². The normalized spacial score (nSPS) is 21.7. The molecule has 1 N–H and O–H groups in total. The topological polar surface area (TPSA) is 172 Å². The molecular weight excluding hydrogens is 630 g/mol. The van der Waals surface area contributed by atoms with Gasteiger partial charge in [-0.1, -0.05) is 0 Å². The molecule has 0 unspecified atom stereocenters. The lowest BCUT2D eigenvalue weighted by Crippen LogP contribution is -2.62. The molecule has 2 aliphatic heterocycles. The highest BCUT2D eigenvalue weighted by Crippen LogP contribution is 2.41. The number of fused-ring (bicyclic) bond motifs is 6. The molecule has 2 aromatic carbocycles. The number of carbonyl (C=O) groups is 3. The number of hydrogen-bond acceptors (Lipinski definition) is 14. The molecule has 2 aliphatic rings. The Morgan fingerprint density at radius 2 is 1.52 bits per heavy atom. The number of ether oxygens (including phenoxy) is 8. The van der Waals surface area contributed by atoms with Crippen LogP contribution < -0.4 is 29.8 Å². The van der Waals surface area contributed by atoms with Crippen molar-refractivity contribution < 1.29 is 52.3 Å². The third-order valence-electron chi connectivity index (χ3n) is 8.14. The summed E-state index contributed by atoms with van der Waals surface area (Å²) in [5.41, 5.74) is 0.972.